The van der Waals surface area contributed by atoms with E-state index in [9.17, 15) is 15.2 Å². The number of fused-ring (bicyclic) bond motifs is 1. The molecule has 0 amide bonds. The number of nitriles is 1. The Balaban J connectivity index is 1.78. The van der Waals surface area contributed by atoms with Gasteiger partial charge in [-0.1, -0.05) is 12.1 Å². The molecule has 0 radical (unpaired) electrons. The Morgan fingerprint density at radius 3 is 2.86 bits per heavy atom. The van der Waals surface area contributed by atoms with Crippen LogP contribution in [0.15, 0.2) is 60.8 Å². The minimum atomic E-state index is -0.985. The van der Waals surface area contributed by atoms with E-state index in [1.807, 2.05) is 54.1 Å². The fraction of sp³-hybridized carbons (Fsp3) is 0.0455. The number of aryl methyl sites for hydroxylation is 1. The maximum atomic E-state index is 11.2. The van der Waals surface area contributed by atoms with E-state index >= 15 is 0 Å². The molecule has 2 aromatic heterocycles. The molecule has 4 aromatic rings. The monoisotopic (exact) mass is 368 g/mol. The quantitative estimate of drug-likeness (QED) is 0.521. The van der Waals surface area contributed by atoms with Gasteiger partial charge in [0.2, 0.25) is 0 Å². The number of carbonyl (C=O) groups is 1. The number of carboxylic acids is 1. The summed E-state index contributed by atoms with van der Waals surface area (Å²) < 4.78 is 1.83. The number of rotatable bonds is 4. The number of nitrogens with zero attached hydrogens (tertiary/aromatic N) is 3. The first-order valence-corrected chi connectivity index (χ1v) is 8.65. The van der Waals surface area contributed by atoms with E-state index in [2.05, 4.69) is 16.0 Å². The van der Waals surface area contributed by atoms with Gasteiger partial charge in [0.05, 0.1) is 22.2 Å². The number of aromatic nitrogens is 3. The van der Waals surface area contributed by atoms with Gasteiger partial charge in [-0.05, 0) is 61.0 Å². The highest BCUT2D eigenvalue weighted by Crippen LogP contribution is 2.22. The smallest absolute Gasteiger partial charge is 0.335 e. The maximum Gasteiger partial charge on any atom is 0.335 e. The summed E-state index contributed by atoms with van der Waals surface area (Å²) >= 11 is 0. The van der Waals surface area contributed by atoms with Gasteiger partial charge in [-0.25, -0.2) is 9.78 Å². The molecule has 2 aromatic carbocycles. The lowest BCUT2D eigenvalue weighted by Crippen LogP contribution is -2.00. The molecule has 0 saturated heterocycles. The molecule has 0 unspecified atom stereocenters. The molecule has 2 N–H and O–H groups in total. The van der Waals surface area contributed by atoms with Crippen LogP contribution >= 0.6 is 0 Å². The number of aromatic amines is 1. The van der Waals surface area contributed by atoms with Crippen molar-refractivity contribution in [3.8, 4) is 11.8 Å². The number of hydrogen-bond donors (Lipinski definition) is 2. The van der Waals surface area contributed by atoms with Gasteiger partial charge in [-0.15, -0.1) is 0 Å². The maximum absolute atomic E-state index is 11.2. The number of benzene rings is 2. The molecular weight excluding hydrogens is 352 g/mol. The zero-order chi connectivity index (χ0) is 19.7. The first-order valence-electron chi connectivity index (χ1n) is 8.65. The second-order valence-corrected chi connectivity index (χ2v) is 6.43. The van der Waals surface area contributed by atoms with E-state index in [0.29, 0.717) is 17.1 Å². The minimum absolute atomic E-state index is 0.203. The van der Waals surface area contributed by atoms with Crippen molar-refractivity contribution in [2.45, 2.75) is 6.92 Å². The molecule has 0 aliphatic rings. The Hall–Kier alpha value is -4.11. The number of H-pyrrole nitrogens is 1. The topological polar surface area (TPSA) is 94.7 Å². The molecule has 4 rings (SSSR count). The SMILES string of the molecule is Cc1ccc2nc(/C(C#N)=C\c3cccn3-c3cccc(C(=O)O)c3)[nH]c2c1. The zero-order valence-electron chi connectivity index (χ0n) is 15.0. The molecule has 0 fully saturated rings. The van der Waals surface area contributed by atoms with Crippen LogP contribution in [-0.2, 0) is 0 Å². The zero-order valence-corrected chi connectivity index (χ0v) is 15.0. The lowest BCUT2D eigenvalue weighted by molar-refractivity contribution is 0.0697. The summed E-state index contributed by atoms with van der Waals surface area (Å²) in [5.74, 6) is -0.489. The second kappa shape index (κ2) is 6.89. The van der Waals surface area contributed by atoms with E-state index in [4.69, 9.17) is 0 Å². The Labute approximate surface area is 161 Å². The highest BCUT2D eigenvalue weighted by molar-refractivity contribution is 5.90. The fourth-order valence-electron chi connectivity index (χ4n) is 3.09. The molecule has 6 nitrogen and oxygen atoms in total. The van der Waals surface area contributed by atoms with Gasteiger partial charge in [-0.3, -0.25) is 0 Å². The molecule has 136 valence electrons. The Kier molecular flexibility index (Phi) is 4.26. The summed E-state index contributed by atoms with van der Waals surface area (Å²) in [5, 5.41) is 18.9. The van der Waals surface area contributed by atoms with Crippen LogP contribution in [0.1, 0.15) is 27.4 Å². The molecule has 0 aliphatic heterocycles. The number of aromatic carboxylic acids is 1. The summed E-state index contributed by atoms with van der Waals surface area (Å²) in [4.78, 5) is 19.0. The number of nitrogens with one attached hydrogen (secondary N) is 1. The Morgan fingerprint density at radius 2 is 2.07 bits per heavy atom. The second-order valence-electron chi connectivity index (χ2n) is 6.43. The summed E-state index contributed by atoms with van der Waals surface area (Å²) in [6.45, 7) is 2.00. The lowest BCUT2D eigenvalue weighted by Gasteiger charge is -2.08. The molecule has 2 heterocycles. The summed E-state index contributed by atoms with van der Waals surface area (Å²) in [6, 6.07) is 18.4. The normalized spacial score (nSPS) is 11.5. The van der Waals surface area contributed by atoms with Crippen molar-refractivity contribution in [3.63, 3.8) is 0 Å². The molecule has 0 bridgehead atoms. The molecule has 0 atom stereocenters. The predicted molar refractivity (Wildman–Crippen MR) is 107 cm³/mol. The minimum Gasteiger partial charge on any atom is -0.478 e. The van der Waals surface area contributed by atoms with Crippen molar-refractivity contribution >= 4 is 28.7 Å². The number of imidazole rings is 1. The predicted octanol–water partition coefficient (Wildman–Crippen LogP) is 4.42. The third-order valence-corrected chi connectivity index (χ3v) is 4.46. The molecule has 28 heavy (non-hydrogen) atoms. The summed E-state index contributed by atoms with van der Waals surface area (Å²) in [5.41, 5.74) is 4.83. The van der Waals surface area contributed by atoms with Crippen molar-refractivity contribution < 1.29 is 9.90 Å². The molecule has 0 saturated carbocycles. The van der Waals surface area contributed by atoms with Gasteiger partial charge in [-0.2, -0.15) is 5.26 Å². The van der Waals surface area contributed by atoms with E-state index < -0.39 is 5.97 Å². The van der Waals surface area contributed by atoms with Crippen molar-refractivity contribution in [1.29, 1.82) is 5.26 Å². The van der Waals surface area contributed by atoms with Crippen LogP contribution in [0.3, 0.4) is 0 Å². The molecular formula is C22H16N4O2. The molecule has 6 heteroatoms. The standard InChI is InChI=1S/C22H16N4O2/c1-14-7-8-19-20(10-14)25-21(24-19)16(13-23)12-18-6-3-9-26(18)17-5-2-4-15(11-17)22(27)28/h2-12H,1H3,(H,24,25)(H,27,28)/b16-12-. The van der Waals surface area contributed by atoms with Crippen molar-refractivity contribution in [2.75, 3.05) is 0 Å². The van der Waals surface area contributed by atoms with E-state index in [-0.39, 0.29) is 5.56 Å². The van der Waals surface area contributed by atoms with Gasteiger partial charge in [0.1, 0.15) is 11.9 Å². The van der Waals surface area contributed by atoms with Crippen LogP contribution in [0.25, 0.3) is 28.4 Å². The number of hydrogen-bond acceptors (Lipinski definition) is 3. The van der Waals surface area contributed by atoms with Crippen molar-refractivity contribution in [3.05, 3.63) is 83.4 Å². The van der Waals surface area contributed by atoms with Crippen LogP contribution in [0.2, 0.25) is 0 Å². The van der Waals surface area contributed by atoms with E-state index in [1.54, 1.807) is 24.3 Å². The van der Waals surface area contributed by atoms with Crippen molar-refractivity contribution in [2.24, 2.45) is 0 Å². The van der Waals surface area contributed by atoms with Crippen LogP contribution in [0.5, 0.6) is 0 Å². The van der Waals surface area contributed by atoms with Gasteiger partial charge >= 0.3 is 5.97 Å². The highest BCUT2D eigenvalue weighted by Gasteiger charge is 2.11. The summed E-state index contributed by atoms with van der Waals surface area (Å²) in [6.07, 6.45) is 3.56. The van der Waals surface area contributed by atoms with Gasteiger partial charge in [0, 0.05) is 17.6 Å². The van der Waals surface area contributed by atoms with Crippen LogP contribution < -0.4 is 0 Å². The van der Waals surface area contributed by atoms with E-state index in [1.165, 1.54) is 0 Å². The van der Waals surface area contributed by atoms with Crippen LogP contribution in [0, 0.1) is 18.3 Å². The van der Waals surface area contributed by atoms with Crippen LogP contribution in [-0.4, -0.2) is 25.6 Å². The van der Waals surface area contributed by atoms with Gasteiger partial charge in [0.15, 0.2) is 0 Å². The van der Waals surface area contributed by atoms with Gasteiger partial charge in [0.25, 0.3) is 0 Å². The fourth-order valence-corrected chi connectivity index (χ4v) is 3.09. The molecule has 0 aliphatic carbocycles. The number of allylic oxidation sites excluding steroid dienone is 1. The first kappa shape index (κ1) is 17.3. The van der Waals surface area contributed by atoms with Gasteiger partial charge < -0.3 is 14.7 Å². The first-order chi connectivity index (χ1) is 13.5. The highest BCUT2D eigenvalue weighted by atomic mass is 16.4. The molecule has 0 spiro atoms. The average Bonchev–Trinajstić information content (AvgIpc) is 3.32. The number of carboxylic acid groups (broad SMARTS) is 1. The average molecular weight is 368 g/mol. The third-order valence-electron chi connectivity index (χ3n) is 4.46. The van der Waals surface area contributed by atoms with Crippen LogP contribution in [0.4, 0.5) is 0 Å². The lowest BCUT2D eigenvalue weighted by atomic mass is 10.2. The third kappa shape index (κ3) is 3.17. The largest absolute Gasteiger partial charge is 0.478 e. The Bertz CT molecular complexity index is 1270. The van der Waals surface area contributed by atoms with Crippen molar-refractivity contribution in [1.82, 2.24) is 14.5 Å². The Morgan fingerprint density at radius 1 is 1.21 bits per heavy atom. The van der Waals surface area contributed by atoms with E-state index in [0.717, 1.165) is 22.3 Å². The summed E-state index contributed by atoms with van der Waals surface area (Å²) in [7, 11) is 0.